The van der Waals surface area contributed by atoms with Crippen LogP contribution in [0.1, 0.15) is 45.1 Å². The molecular weight excluding hydrogens is 575 g/mol. The highest BCUT2D eigenvalue weighted by Gasteiger charge is 2.40. The first kappa shape index (κ1) is 27.7. The zero-order valence-corrected chi connectivity index (χ0v) is 22.7. The van der Waals surface area contributed by atoms with Gasteiger partial charge in [-0.1, -0.05) is 17.7 Å². The predicted octanol–water partition coefficient (Wildman–Crippen LogP) is 3.42. The summed E-state index contributed by atoms with van der Waals surface area (Å²) in [7, 11) is 0. The van der Waals surface area contributed by atoms with Gasteiger partial charge in [-0.05, 0) is 42.7 Å². The van der Waals surface area contributed by atoms with Crippen molar-refractivity contribution in [2.75, 3.05) is 18.8 Å². The van der Waals surface area contributed by atoms with Crippen LogP contribution >= 0.6 is 11.6 Å². The summed E-state index contributed by atoms with van der Waals surface area (Å²) in [6, 6.07) is 8.19. The monoisotopic (exact) mass is 599 g/mol. The van der Waals surface area contributed by atoms with E-state index in [4.69, 9.17) is 17.3 Å². The van der Waals surface area contributed by atoms with Crippen molar-refractivity contribution < 1.29 is 22.8 Å². The second-order valence-electron chi connectivity index (χ2n) is 10.2. The minimum absolute atomic E-state index is 0.0521. The zero-order valence-electron chi connectivity index (χ0n) is 22.0. The Hall–Kier alpha value is -4.43. The molecule has 2 saturated heterocycles. The van der Waals surface area contributed by atoms with Crippen molar-refractivity contribution in [1.29, 1.82) is 0 Å². The second kappa shape index (κ2) is 10.8. The maximum absolute atomic E-state index is 13.8. The van der Waals surface area contributed by atoms with Gasteiger partial charge in [0.05, 0.1) is 39.9 Å². The fraction of sp³-hybridized carbons (Fsp3) is 0.296. The van der Waals surface area contributed by atoms with Crippen molar-refractivity contribution in [2.45, 2.75) is 37.6 Å². The number of aromatic nitrogens is 5. The van der Waals surface area contributed by atoms with Crippen LogP contribution in [0.3, 0.4) is 0 Å². The van der Waals surface area contributed by atoms with Gasteiger partial charge in [0.15, 0.2) is 17.3 Å². The number of H-pyrrole nitrogens is 1. The summed E-state index contributed by atoms with van der Waals surface area (Å²) in [4.78, 5) is 38.5. The van der Waals surface area contributed by atoms with Gasteiger partial charge in [-0.25, -0.2) is 14.6 Å². The fourth-order valence-corrected chi connectivity index (χ4v) is 5.65. The first-order chi connectivity index (χ1) is 20.1. The summed E-state index contributed by atoms with van der Waals surface area (Å²) in [6.07, 6.45) is 0.713. The van der Waals surface area contributed by atoms with E-state index in [-0.39, 0.29) is 52.5 Å². The van der Waals surface area contributed by atoms with Crippen LogP contribution in [0.2, 0.25) is 5.02 Å². The third-order valence-corrected chi connectivity index (χ3v) is 7.71. The Balaban J connectivity index is 1.15. The van der Waals surface area contributed by atoms with Gasteiger partial charge < -0.3 is 26.3 Å². The number of pyridine rings is 1. The first-order valence-corrected chi connectivity index (χ1v) is 13.5. The van der Waals surface area contributed by atoms with Crippen molar-refractivity contribution in [3.8, 4) is 17.1 Å². The van der Waals surface area contributed by atoms with Crippen LogP contribution in [-0.2, 0) is 12.7 Å². The fourth-order valence-electron chi connectivity index (χ4n) is 5.36. The summed E-state index contributed by atoms with van der Waals surface area (Å²) in [6.45, 7) is 1.58. The molecule has 0 radical (unpaired) electrons. The molecule has 2 bridgehead atoms. The van der Waals surface area contributed by atoms with Gasteiger partial charge in [0.2, 0.25) is 0 Å². The molecule has 0 spiro atoms. The molecule has 5 N–H and O–H groups in total. The number of halogens is 4. The number of carbonyl (C=O) groups excluding carboxylic acids is 2. The molecule has 0 aliphatic carbocycles. The van der Waals surface area contributed by atoms with E-state index in [1.54, 1.807) is 18.2 Å². The summed E-state index contributed by atoms with van der Waals surface area (Å²) in [5.41, 5.74) is 5.46. The number of anilines is 1. The number of nitrogens with one attached hydrogen (secondary N) is 3. The van der Waals surface area contributed by atoms with Crippen LogP contribution in [-0.4, -0.2) is 66.6 Å². The highest BCUT2D eigenvalue weighted by atomic mass is 35.5. The Bertz CT molecular complexity index is 1640. The number of fused-ring (bicyclic) bond motifs is 2. The topological polar surface area (TPSA) is 147 Å². The normalized spacial score (nSPS) is 18.3. The van der Waals surface area contributed by atoms with Gasteiger partial charge in [-0.3, -0.25) is 9.59 Å². The summed E-state index contributed by atoms with van der Waals surface area (Å²) >= 11 is 6.46. The lowest BCUT2D eigenvalue weighted by atomic mass is 10.1. The average molecular weight is 600 g/mol. The number of aromatic amines is 1. The zero-order chi connectivity index (χ0) is 29.6. The molecule has 2 unspecified atom stereocenters. The molecule has 4 aromatic rings. The number of hydrogen-bond donors (Lipinski definition) is 4. The van der Waals surface area contributed by atoms with E-state index >= 15 is 0 Å². The number of rotatable bonds is 6. The molecule has 42 heavy (non-hydrogen) atoms. The van der Waals surface area contributed by atoms with Crippen LogP contribution in [0.4, 0.5) is 18.9 Å². The number of nitrogens with zero attached hydrogens (tertiary/aromatic N) is 5. The number of benzene rings is 1. The van der Waals surface area contributed by atoms with Gasteiger partial charge in [0.1, 0.15) is 0 Å². The van der Waals surface area contributed by atoms with Crippen molar-refractivity contribution in [2.24, 2.45) is 0 Å². The number of alkyl halides is 3. The molecule has 3 aromatic heterocycles. The molecule has 2 fully saturated rings. The minimum Gasteiger partial charge on any atom is -0.397 e. The van der Waals surface area contributed by atoms with E-state index < -0.39 is 17.8 Å². The number of nitrogens with two attached hydrogens (primary N) is 1. The summed E-state index contributed by atoms with van der Waals surface area (Å²) < 4.78 is 42.4. The molecule has 218 valence electrons. The Morgan fingerprint density at radius 3 is 2.52 bits per heavy atom. The average Bonchev–Trinajstić information content (AvgIpc) is 3.68. The van der Waals surface area contributed by atoms with Gasteiger partial charge >= 0.3 is 6.18 Å². The number of hydrogen-bond acceptors (Lipinski definition) is 7. The van der Waals surface area contributed by atoms with E-state index in [0.29, 0.717) is 16.8 Å². The highest BCUT2D eigenvalue weighted by Crippen LogP contribution is 2.36. The number of piperazine rings is 1. The number of amides is 2. The SMILES string of the molecule is Nc1ccc(-n2cc(-c3cnc(C(=O)NCc4ccc(C(=O)N5C6CCC5CNC6)c(Cl)c4)[nH]3)c(C(F)(F)F)n2)nc1. The van der Waals surface area contributed by atoms with Crippen LogP contribution in [0.15, 0.2) is 48.9 Å². The van der Waals surface area contributed by atoms with Crippen molar-refractivity contribution in [1.82, 2.24) is 40.3 Å². The highest BCUT2D eigenvalue weighted by molar-refractivity contribution is 6.34. The molecule has 0 saturated carbocycles. The van der Waals surface area contributed by atoms with Crippen LogP contribution in [0, 0.1) is 0 Å². The molecule has 2 atom stereocenters. The Kier molecular flexibility index (Phi) is 7.10. The standard InChI is InChI=1S/C27H25ClF3N9O2/c28-20-7-14(1-5-18(20)26(42)40-16-3-4-17(40)11-33-10-16)8-36-25(41)24-35-12-21(37-24)19-13-39(38-23(19)27(29,30)31)22-6-2-15(32)9-34-22/h1-2,5-7,9,12-13,16-17,33H,3-4,8,10-11,32H2,(H,35,37)(H,36,41). The summed E-state index contributed by atoms with van der Waals surface area (Å²) in [5, 5.41) is 9.94. The molecule has 2 amide bonds. The quantitative estimate of drug-likeness (QED) is 0.266. The first-order valence-electron chi connectivity index (χ1n) is 13.1. The second-order valence-corrected chi connectivity index (χ2v) is 10.6. The maximum atomic E-state index is 13.8. The van der Waals surface area contributed by atoms with E-state index in [1.807, 2.05) is 4.90 Å². The third-order valence-electron chi connectivity index (χ3n) is 7.40. The lowest BCUT2D eigenvalue weighted by Crippen LogP contribution is -2.54. The number of nitrogen functional groups attached to an aromatic ring is 1. The third kappa shape index (κ3) is 5.30. The van der Waals surface area contributed by atoms with E-state index in [0.717, 1.165) is 43.0 Å². The lowest BCUT2D eigenvalue weighted by molar-refractivity contribution is -0.140. The Morgan fingerprint density at radius 1 is 1.10 bits per heavy atom. The molecule has 2 aliphatic rings. The molecule has 1 aromatic carbocycles. The van der Waals surface area contributed by atoms with E-state index in [9.17, 15) is 22.8 Å². The summed E-state index contributed by atoms with van der Waals surface area (Å²) in [5.74, 6) is -0.814. The number of imidazole rings is 1. The maximum Gasteiger partial charge on any atom is 0.435 e. The largest absolute Gasteiger partial charge is 0.435 e. The minimum atomic E-state index is -4.78. The van der Waals surface area contributed by atoms with Gasteiger partial charge in [-0.15, -0.1) is 0 Å². The van der Waals surface area contributed by atoms with E-state index in [2.05, 4.69) is 30.7 Å². The van der Waals surface area contributed by atoms with Crippen molar-refractivity contribution >= 4 is 29.1 Å². The molecule has 2 aliphatic heterocycles. The molecule has 15 heteroatoms. The molecule has 5 heterocycles. The Morgan fingerprint density at radius 2 is 1.86 bits per heavy atom. The smallest absolute Gasteiger partial charge is 0.397 e. The van der Waals surface area contributed by atoms with Crippen molar-refractivity contribution in [3.05, 3.63) is 76.6 Å². The van der Waals surface area contributed by atoms with Crippen LogP contribution < -0.4 is 16.4 Å². The van der Waals surface area contributed by atoms with Gasteiger partial charge in [0.25, 0.3) is 11.8 Å². The van der Waals surface area contributed by atoms with Gasteiger partial charge in [-0.2, -0.15) is 18.3 Å². The number of carbonyl (C=O) groups is 2. The van der Waals surface area contributed by atoms with Crippen LogP contribution in [0.25, 0.3) is 17.1 Å². The lowest BCUT2D eigenvalue weighted by Gasteiger charge is -2.35. The molecule has 6 rings (SSSR count). The van der Waals surface area contributed by atoms with E-state index in [1.165, 1.54) is 18.3 Å². The van der Waals surface area contributed by atoms with Crippen LogP contribution in [0.5, 0.6) is 0 Å². The molecular formula is C27H25ClF3N9O2. The van der Waals surface area contributed by atoms with Gasteiger partial charge in [0, 0.05) is 37.9 Å². The van der Waals surface area contributed by atoms with Crippen molar-refractivity contribution in [3.63, 3.8) is 0 Å². The Labute approximate surface area is 242 Å². The molecule has 11 nitrogen and oxygen atoms in total. The predicted molar refractivity (Wildman–Crippen MR) is 147 cm³/mol.